The highest BCUT2D eigenvalue weighted by molar-refractivity contribution is 6.32. The number of nitrogens with zero attached hydrogens (tertiary/aromatic N) is 3. The second-order valence-corrected chi connectivity index (χ2v) is 9.08. The molecule has 0 bridgehead atoms. The molecule has 1 atom stereocenters. The van der Waals surface area contributed by atoms with Crippen LogP contribution in [-0.2, 0) is 16.1 Å². The van der Waals surface area contributed by atoms with Gasteiger partial charge in [0, 0.05) is 29.9 Å². The number of fused-ring (bicyclic) bond motifs is 1. The number of halogens is 1. The smallest absolute Gasteiger partial charge is 0.247 e. The van der Waals surface area contributed by atoms with Crippen LogP contribution in [0.2, 0.25) is 5.02 Å². The van der Waals surface area contributed by atoms with Gasteiger partial charge in [0.1, 0.15) is 36.0 Å². The fraction of sp³-hybridized carbons (Fsp3) is 0.172. The SMILES string of the molecule is C=CC(=O)Nc1c(OC2CCOC2)ccc2c(Nc3ccc(OCc4ccccn4)c(Cl)c3)c(C#N)cnc12. The van der Waals surface area contributed by atoms with Gasteiger partial charge in [0.05, 0.1) is 40.7 Å². The maximum Gasteiger partial charge on any atom is 0.247 e. The summed E-state index contributed by atoms with van der Waals surface area (Å²) in [6, 6.07) is 16.6. The van der Waals surface area contributed by atoms with Crippen molar-refractivity contribution in [1.82, 2.24) is 9.97 Å². The first-order valence-electron chi connectivity index (χ1n) is 12.2. The molecule has 39 heavy (non-hydrogen) atoms. The Kier molecular flexibility index (Phi) is 7.87. The van der Waals surface area contributed by atoms with Crippen LogP contribution in [0.4, 0.5) is 17.1 Å². The van der Waals surface area contributed by atoms with E-state index in [0.717, 1.165) is 12.1 Å². The van der Waals surface area contributed by atoms with Gasteiger partial charge in [-0.1, -0.05) is 24.2 Å². The summed E-state index contributed by atoms with van der Waals surface area (Å²) in [4.78, 5) is 21.0. The monoisotopic (exact) mass is 541 g/mol. The molecule has 2 aromatic carbocycles. The van der Waals surface area contributed by atoms with Gasteiger partial charge >= 0.3 is 0 Å². The number of carbonyl (C=O) groups excluding carboxylic acids is 1. The number of nitriles is 1. The van der Waals surface area contributed by atoms with Crippen molar-refractivity contribution >= 4 is 45.5 Å². The Morgan fingerprint density at radius 2 is 2.08 bits per heavy atom. The van der Waals surface area contributed by atoms with Crippen LogP contribution in [0, 0.1) is 11.3 Å². The quantitative estimate of drug-likeness (QED) is 0.256. The minimum Gasteiger partial charge on any atom is -0.486 e. The maximum atomic E-state index is 12.3. The Balaban J connectivity index is 1.48. The van der Waals surface area contributed by atoms with Crippen LogP contribution in [-0.4, -0.2) is 35.2 Å². The number of hydrogen-bond acceptors (Lipinski definition) is 8. The van der Waals surface area contributed by atoms with Gasteiger partial charge in [-0.25, -0.2) is 0 Å². The molecule has 196 valence electrons. The lowest BCUT2D eigenvalue weighted by atomic mass is 10.1. The summed E-state index contributed by atoms with van der Waals surface area (Å²) in [6.45, 7) is 4.89. The molecule has 1 saturated heterocycles. The van der Waals surface area contributed by atoms with Crippen LogP contribution in [0.1, 0.15) is 17.7 Å². The third-order valence-corrected chi connectivity index (χ3v) is 6.33. The predicted molar refractivity (Wildman–Crippen MR) is 148 cm³/mol. The van der Waals surface area contributed by atoms with Gasteiger partial charge in [0.2, 0.25) is 5.91 Å². The van der Waals surface area contributed by atoms with Crippen LogP contribution >= 0.6 is 11.6 Å². The summed E-state index contributed by atoms with van der Waals surface area (Å²) < 4.78 is 17.4. The molecule has 4 aromatic rings. The van der Waals surface area contributed by atoms with E-state index in [9.17, 15) is 10.1 Å². The molecule has 1 fully saturated rings. The van der Waals surface area contributed by atoms with Crippen molar-refractivity contribution in [1.29, 1.82) is 5.26 Å². The standard InChI is InChI=1S/C29H24ClN5O4/c1-2-26(36)35-29-25(39-21-10-12-37-17-21)9-7-22-27(18(14-31)15-33-28(22)29)34-19-6-8-24(23(30)13-19)38-16-20-5-3-4-11-32-20/h2-9,11,13,15,21H,1,10,12,16-17H2,(H,33,34)(H,35,36). The maximum absolute atomic E-state index is 12.3. The Morgan fingerprint density at radius 1 is 1.21 bits per heavy atom. The lowest BCUT2D eigenvalue weighted by Gasteiger charge is -2.19. The number of aromatic nitrogens is 2. The number of anilines is 3. The van der Waals surface area contributed by atoms with Crippen LogP contribution in [0.5, 0.6) is 11.5 Å². The van der Waals surface area contributed by atoms with Crippen molar-refractivity contribution in [3.05, 3.63) is 89.9 Å². The molecule has 1 aliphatic rings. The molecule has 0 saturated carbocycles. The Bertz CT molecular complexity index is 1570. The van der Waals surface area contributed by atoms with E-state index >= 15 is 0 Å². The fourth-order valence-electron chi connectivity index (χ4n) is 4.12. The number of carbonyl (C=O) groups is 1. The number of pyridine rings is 2. The molecular formula is C29H24ClN5O4. The van der Waals surface area contributed by atoms with Gasteiger partial charge in [-0.2, -0.15) is 5.26 Å². The molecule has 2 N–H and O–H groups in total. The molecule has 5 rings (SSSR count). The first-order chi connectivity index (χ1) is 19.1. The molecule has 0 spiro atoms. The van der Waals surface area contributed by atoms with Gasteiger partial charge in [-0.05, 0) is 48.5 Å². The normalized spacial score (nSPS) is 14.4. The predicted octanol–water partition coefficient (Wildman–Crippen LogP) is 5.77. The summed E-state index contributed by atoms with van der Waals surface area (Å²) in [5.41, 5.74) is 3.06. The largest absolute Gasteiger partial charge is 0.486 e. The highest BCUT2D eigenvalue weighted by Crippen LogP contribution is 2.39. The molecule has 1 unspecified atom stereocenters. The highest BCUT2D eigenvalue weighted by Gasteiger charge is 2.22. The van der Waals surface area contributed by atoms with Gasteiger partial charge in [0.15, 0.2) is 0 Å². The zero-order chi connectivity index (χ0) is 27.2. The molecular weight excluding hydrogens is 518 g/mol. The minimum atomic E-state index is -0.413. The molecule has 10 heteroatoms. The second-order valence-electron chi connectivity index (χ2n) is 8.67. The van der Waals surface area contributed by atoms with E-state index in [-0.39, 0.29) is 12.7 Å². The van der Waals surface area contributed by atoms with Crippen LogP contribution in [0.25, 0.3) is 10.9 Å². The van der Waals surface area contributed by atoms with Crippen LogP contribution in [0.3, 0.4) is 0 Å². The van der Waals surface area contributed by atoms with Gasteiger partial charge in [-0.15, -0.1) is 0 Å². The van der Waals surface area contributed by atoms with E-state index in [1.54, 1.807) is 36.5 Å². The molecule has 3 heterocycles. The van der Waals surface area contributed by atoms with Crippen molar-refractivity contribution in [2.75, 3.05) is 23.8 Å². The summed E-state index contributed by atoms with van der Waals surface area (Å²) in [7, 11) is 0. The average Bonchev–Trinajstić information content (AvgIpc) is 3.47. The Morgan fingerprint density at radius 3 is 2.79 bits per heavy atom. The minimum absolute atomic E-state index is 0.140. The molecule has 2 aromatic heterocycles. The number of amides is 1. The van der Waals surface area contributed by atoms with E-state index in [1.165, 1.54) is 12.3 Å². The molecule has 0 aliphatic carbocycles. The number of benzene rings is 2. The lowest BCUT2D eigenvalue weighted by Crippen LogP contribution is -2.18. The molecule has 1 amide bonds. The van der Waals surface area contributed by atoms with Crippen LogP contribution in [0.15, 0.2) is 73.6 Å². The first kappa shape index (κ1) is 26.0. The Hall–Kier alpha value is -4.65. The third kappa shape index (κ3) is 5.93. The van der Waals surface area contributed by atoms with Crippen molar-refractivity contribution in [3.63, 3.8) is 0 Å². The number of ether oxygens (including phenoxy) is 3. The Labute approximate surface area is 230 Å². The lowest BCUT2D eigenvalue weighted by molar-refractivity contribution is -0.111. The summed E-state index contributed by atoms with van der Waals surface area (Å²) >= 11 is 6.51. The number of hydrogen-bond donors (Lipinski definition) is 2. The van der Waals surface area contributed by atoms with E-state index < -0.39 is 5.91 Å². The average molecular weight is 542 g/mol. The summed E-state index contributed by atoms with van der Waals surface area (Å²) in [5, 5.41) is 16.9. The van der Waals surface area contributed by atoms with E-state index in [4.69, 9.17) is 25.8 Å². The van der Waals surface area contributed by atoms with Gasteiger partial charge in [-0.3, -0.25) is 14.8 Å². The van der Waals surface area contributed by atoms with Crippen molar-refractivity contribution in [3.8, 4) is 17.6 Å². The molecule has 9 nitrogen and oxygen atoms in total. The van der Waals surface area contributed by atoms with E-state index in [0.29, 0.717) is 63.3 Å². The number of nitrogens with one attached hydrogen (secondary N) is 2. The first-order valence-corrected chi connectivity index (χ1v) is 12.6. The van der Waals surface area contributed by atoms with E-state index in [1.807, 2.05) is 18.2 Å². The number of rotatable bonds is 9. The summed E-state index contributed by atoms with van der Waals surface area (Å²) in [5.74, 6) is 0.539. The van der Waals surface area contributed by atoms with Gasteiger partial charge < -0.3 is 24.8 Å². The van der Waals surface area contributed by atoms with Crippen LogP contribution < -0.4 is 20.1 Å². The highest BCUT2D eigenvalue weighted by atomic mass is 35.5. The van der Waals surface area contributed by atoms with Gasteiger partial charge in [0.25, 0.3) is 0 Å². The second kappa shape index (κ2) is 11.8. The zero-order valence-corrected chi connectivity index (χ0v) is 21.6. The molecule has 1 aliphatic heterocycles. The molecule has 0 radical (unpaired) electrons. The van der Waals surface area contributed by atoms with Crippen molar-refractivity contribution < 1.29 is 19.0 Å². The summed E-state index contributed by atoms with van der Waals surface area (Å²) in [6.07, 6.45) is 4.92. The van der Waals surface area contributed by atoms with Crippen molar-refractivity contribution in [2.45, 2.75) is 19.1 Å². The van der Waals surface area contributed by atoms with Crippen molar-refractivity contribution in [2.24, 2.45) is 0 Å². The third-order valence-electron chi connectivity index (χ3n) is 6.04. The fourth-order valence-corrected chi connectivity index (χ4v) is 4.36. The topological polar surface area (TPSA) is 118 Å². The van der Waals surface area contributed by atoms with E-state index in [2.05, 4.69) is 33.2 Å². The zero-order valence-electron chi connectivity index (χ0n) is 20.8.